The Kier molecular flexibility index (Phi) is 5.14. The van der Waals surface area contributed by atoms with Gasteiger partial charge in [-0.25, -0.2) is 0 Å². The van der Waals surface area contributed by atoms with E-state index in [0.717, 1.165) is 57.5 Å². The smallest absolute Gasteiger partial charge is 0.274 e. The van der Waals surface area contributed by atoms with Gasteiger partial charge in [0.05, 0.1) is 26.3 Å². The molecule has 1 saturated heterocycles. The Morgan fingerprint density at radius 1 is 1.35 bits per heavy atom. The summed E-state index contributed by atoms with van der Waals surface area (Å²) in [5.74, 6) is 2.10. The highest BCUT2D eigenvalue weighted by atomic mass is 16.5. The number of fused-ring (bicyclic) bond motifs is 2. The van der Waals surface area contributed by atoms with E-state index in [1.165, 1.54) is 12.8 Å². The Labute approximate surface area is 155 Å². The molecule has 26 heavy (non-hydrogen) atoms. The molecule has 6 nitrogen and oxygen atoms in total. The van der Waals surface area contributed by atoms with E-state index in [1.807, 2.05) is 20.0 Å². The molecule has 2 bridgehead atoms. The number of hydrogen-bond acceptors (Lipinski definition) is 3. The molecular formula is C20H31N4O2+. The van der Waals surface area contributed by atoms with Gasteiger partial charge < -0.3 is 14.5 Å². The zero-order valence-corrected chi connectivity index (χ0v) is 16.0. The van der Waals surface area contributed by atoms with Crippen LogP contribution in [0.3, 0.4) is 0 Å². The molecule has 0 aromatic carbocycles. The number of aryl methyl sites for hydroxylation is 2. The van der Waals surface area contributed by atoms with E-state index in [0.29, 0.717) is 17.5 Å². The number of quaternary nitrogens is 1. The second-order valence-electron chi connectivity index (χ2n) is 8.20. The van der Waals surface area contributed by atoms with E-state index in [9.17, 15) is 4.79 Å². The average molecular weight is 359 g/mol. The second kappa shape index (κ2) is 7.53. The highest BCUT2D eigenvalue weighted by Crippen LogP contribution is 2.43. The number of nitrogens with one attached hydrogen (secondary N) is 1. The Morgan fingerprint density at radius 2 is 2.15 bits per heavy atom. The highest BCUT2D eigenvalue weighted by Gasteiger charge is 2.37. The number of amides is 1. The molecule has 2 heterocycles. The predicted octanol–water partition coefficient (Wildman–Crippen LogP) is 0.298. The van der Waals surface area contributed by atoms with Crippen molar-refractivity contribution in [1.29, 1.82) is 0 Å². The number of ether oxygens (including phenoxy) is 1. The van der Waals surface area contributed by atoms with Gasteiger partial charge in [0.15, 0.2) is 5.69 Å². The van der Waals surface area contributed by atoms with Crippen LogP contribution in [0.1, 0.15) is 29.0 Å². The van der Waals surface area contributed by atoms with Crippen LogP contribution < -0.4 is 4.90 Å². The van der Waals surface area contributed by atoms with Crippen LogP contribution in [0.25, 0.3) is 0 Å². The predicted molar refractivity (Wildman–Crippen MR) is 99.1 cm³/mol. The fourth-order valence-corrected chi connectivity index (χ4v) is 4.69. The van der Waals surface area contributed by atoms with Crippen molar-refractivity contribution in [3.63, 3.8) is 0 Å². The summed E-state index contributed by atoms with van der Waals surface area (Å²) in [5.41, 5.74) is 1.61. The fourth-order valence-electron chi connectivity index (χ4n) is 4.69. The lowest BCUT2D eigenvalue weighted by molar-refractivity contribution is -0.907. The molecule has 1 aromatic heterocycles. The van der Waals surface area contributed by atoms with Gasteiger partial charge in [-0.1, -0.05) is 12.2 Å². The number of nitrogens with zero attached hydrogens (tertiary/aromatic N) is 3. The number of hydrogen-bond donors (Lipinski definition) is 1. The first-order chi connectivity index (χ1) is 12.6. The van der Waals surface area contributed by atoms with Gasteiger partial charge in [0.1, 0.15) is 13.1 Å². The molecule has 3 aliphatic rings. The zero-order chi connectivity index (χ0) is 18.1. The summed E-state index contributed by atoms with van der Waals surface area (Å²) in [6, 6.07) is 1.91. The summed E-state index contributed by atoms with van der Waals surface area (Å²) < 4.78 is 7.25. The maximum Gasteiger partial charge on any atom is 0.274 e. The van der Waals surface area contributed by atoms with Crippen molar-refractivity contribution in [3.05, 3.63) is 29.6 Å². The van der Waals surface area contributed by atoms with Gasteiger partial charge in [-0.05, 0) is 43.6 Å². The molecule has 142 valence electrons. The second-order valence-corrected chi connectivity index (χ2v) is 8.20. The van der Waals surface area contributed by atoms with Gasteiger partial charge in [0.25, 0.3) is 5.91 Å². The van der Waals surface area contributed by atoms with Crippen LogP contribution in [0, 0.1) is 24.7 Å². The fraction of sp³-hybridized carbons (Fsp3) is 0.700. The maximum absolute atomic E-state index is 13.2. The summed E-state index contributed by atoms with van der Waals surface area (Å²) in [6.45, 7) is 8.42. The van der Waals surface area contributed by atoms with E-state index in [1.54, 1.807) is 9.58 Å². The van der Waals surface area contributed by atoms with Crippen LogP contribution in [-0.2, 0) is 11.8 Å². The lowest BCUT2D eigenvalue weighted by Crippen LogP contribution is -3.14. The van der Waals surface area contributed by atoms with Gasteiger partial charge in [-0.2, -0.15) is 5.10 Å². The van der Waals surface area contributed by atoms with E-state index in [4.69, 9.17) is 4.74 Å². The zero-order valence-electron chi connectivity index (χ0n) is 16.0. The lowest BCUT2D eigenvalue weighted by Gasteiger charge is -2.30. The van der Waals surface area contributed by atoms with E-state index in [-0.39, 0.29) is 5.91 Å². The van der Waals surface area contributed by atoms with E-state index >= 15 is 0 Å². The number of aromatic nitrogens is 2. The van der Waals surface area contributed by atoms with Crippen LogP contribution in [0.2, 0.25) is 0 Å². The van der Waals surface area contributed by atoms with Crippen molar-refractivity contribution in [1.82, 2.24) is 14.7 Å². The summed E-state index contributed by atoms with van der Waals surface area (Å²) in [6.07, 6.45) is 7.26. The van der Waals surface area contributed by atoms with Crippen LogP contribution in [0.4, 0.5) is 0 Å². The summed E-state index contributed by atoms with van der Waals surface area (Å²) in [7, 11) is 1.90. The van der Waals surface area contributed by atoms with Crippen LogP contribution in [-0.4, -0.2) is 66.5 Å². The lowest BCUT2D eigenvalue weighted by atomic mass is 9.93. The highest BCUT2D eigenvalue weighted by molar-refractivity contribution is 5.92. The quantitative estimate of drug-likeness (QED) is 0.744. The largest absolute Gasteiger partial charge is 0.370 e. The molecule has 6 heteroatoms. The number of rotatable bonds is 6. The van der Waals surface area contributed by atoms with Crippen molar-refractivity contribution in [3.8, 4) is 0 Å². The molecule has 2 aliphatic carbocycles. The summed E-state index contributed by atoms with van der Waals surface area (Å²) >= 11 is 0. The van der Waals surface area contributed by atoms with Gasteiger partial charge >= 0.3 is 0 Å². The van der Waals surface area contributed by atoms with E-state index < -0.39 is 0 Å². The van der Waals surface area contributed by atoms with Crippen molar-refractivity contribution in [2.24, 2.45) is 24.8 Å². The van der Waals surface area contributed by atoms with Gasteiger partial charge in [0, 0.05) is 19.3 Å². The number of carbonyl (C=O) groups is 1. The average Bonchev–Trinajstić information content (AvgIpc) is 3.35. The minimum atomic E-state index is 0.0908. The van der Waals surface area contributed by atoms with Crippen LogP contribution in [0.5, 0.6) is 0 Å². The normalized spacial score (nSPS) is 28.0. The first kappa shape index (κ1) is 17.7. The van der Waals surface area contributed by atoms with Crippen molar-refractivity contribution < 1.29 is 14.4 Å². The minimum absolute atomic E-state index is 0.0908. The third-order valence-electron chi connectivity index (χ3n) is 6.43. The number of carbonyl (C=O) groups excluding carboxylic acids is 1. The summed E-state index contributed by atoms with van der Waals surface area (Å²) in [4.78, 5) is 16.8. The molecule has 1 aliphatic heterocycles. The first-order valence-electron chi connectivity index (χ1n) is 9.99. The molecular weight excluding hydrogens is 328 g/mol. The molecule has 1 saturated carbocycles. The minimum Gasteiger partial charge on any atom is -0.370 e. The van der Waals surface area contributed by atoms with Crippen LogP contribution in [0.15, 0.2) is 18.2 Å². The van der Waals surface area contributed by atoms with Crippen molar-refractivity contribution in [2.75, 3.05) is 45.9 Å². The van der Waals surface area contributed by atoms with Gasteiger partial charge in [-0.15, -0.1) is 0 Å². The Balaban J connectivity index is 1.44. The number of morpholine rings is 1. The third kappa shape index (κ3) is 3.71. The van der Waals surface area contributed by atoms with Crippen molar-refractivity contribution >= 4 is 5.91 Å². The Hall–Kier alpha value is -1.66. The molecule has 1 N–H and O–H groups in total. The SMILES string of the molecule is Cc1cc(C(=O)N(CC[NH+]2CCOCC2)C[C@@H]2C[C@@H]3C=C[C@H]2C3)nn1C. The van der Waals surface area contributed by atoms with Crippen molar-refractivity contribution in [2.45, 2.75) is 19.8 Å². The molecule has 2 fully saturated rings. The van der Waals surface area contributed by atoms with Crippen LogP contribution >= 0.6 is 0 Å². The molecule has 1 amide bonds. The molecule has 0 radical (unpaired) electrons. The molecule has 0 unspecified atom stereocenters. The van der Waals surface area contributed by atoms with Gasteiger partial charge in [-0.3, -0.25) is 9.48 Å². The standard InChI is InChI=1S/C20H30N4O2/c1-15-11-19(21-22(15)2)20(25)24(6-5-23-7-9-26-10-8-23)14-18-13-16-3-4-17(18)12-16/h3-4,11,16-18H,5-10,12-14H2,1-2H3/p+1/t16-,17+,18+/m1/s1. The topological polar surface area (TPSA) is 51.8 Å². The Morgan fingerprint density at radius 3 is 2.77 bits per heavy atom. The molecule has 0 spiro atoms. The van der Waals surface area contributed by atoms with E-state index in [2.05, 4.69) is 22.2 Å². The molecule has 1 aromatic rings. The maximum atomic E-state index is 13.2. The first-order valence-corrected chi connectivity index (χ1v) is 9.99. The number of allylic oxidation sites excluding steroid dienone is 2. The molecule has 4 rings (SSSR count). The Bertz CT molecular complexity index is 658. The molecule has 3 atom stereocenters. The third-order valence-corrected chi connectivity index (χ3v) is 6.43. The van der Waals surface area contributed by atoms with Gasteiger partial charge in [0.2, 0.25) is 0 Å². The monoisotopic (exact) mass is 359 g/mol. The summed E-state index contributed by atoms with van der Waals surface area (Å²) in [5, 5.41) is 4.43.